The number of nitrogens with one attached hydrogen (secondary N) is 1. The number of carbonyl (C=O) groups is 3. The van der Waals surface area contributed by atoms with Gasteiger partial charge in [0.15, 0.2) is 11.4 Å². The van der Waals surface area contributed by atoms with Crippen molar-refractivity contribution in [2.45, 2.75) is 24.9 Å². The van der Waals surface area contributed by atoms with Crippen molar-refractivity contribution in [2.75, 3.05) is 13.6 Å². The third kappa shape index (κ3) is 3.93. The molecule has 9 nitrogen and oxygen atoms in total. The van der Waals surface area contributed by atoms with Crippen LogP contribution >= 0.6 is 24.0 Å². The van der Waals surface area contributed by atoms with Gasteiger partial charge < -0.3 is 25.0 Å². The molecule has 0 atom stereocenters. The highest BCUT2D eigenvalue weighted by molar-refractivity contribution is 6.30. The fourth-order valence-electron chi connectivity index (χ4n) is 4.43. The van der Waals surface area contributed by atoms with Crippen LogP contribution in [0.25, 0.3) is 0 Å². The van der Waals surface area contributed by atoms with E-state index in [0.717, 1.165) is 0 Å². The summed E-state index contributed by atoms with van der Waals surface area (Å²) in [4.78, 5) is 50.7. The lowest BCUT2D eigenvalue weighted by atomic mass is 9.66. The van der Waals surface area contributed by atoms with Crippen LogP contribution < -0.4 is 10.7 Å². The summed E-state index contributed by atoms with van der Waals surface area (Å²) in [5, 5.41) is 22.1. The lowest BCUT2D eigenvalue weighted by molar-refractivity contribution is -0.150. The molecule has 1 aromatic carbocycles. The molecule has 12 heteroatoms. The number of pyridine rings is 1. The molecule has 176 valence electrons. The van der Waals surface area contributed by atoms with Crippen LogP contribution in [-0.4, -0.2) is 51.1 Å². The summed E-state index contributed by atoms with van der Waals surface area (Å²) in [5.74, 6) is -4.72. The monoisotopic (exact) mass is 499 g/mol. The van der Waals surface area contributed by atoms with Gasteiger partial charge in [-0.1, -0.05) is 23.7 Å². The average molecular weight is 500 g/mol. The average Bonchev–Trinajstić information content (AvgIpc) is 2.71. The van der Waals surface area contributed by atoms with Crippen LogP contribution in [0.1, 0.15) is 39.3 Å². The van der Waals surface area contributed by atoms with E-state index in [9.17, 15) is 33.8 Å². The molecule has 2 amide bonds. The van der Waals surface area contributed by atoms with E-state index < -0.39 is 51.8 Å². The number of hydrogen-bond donors (Lipinski definition) is 3. The molecule has 1 aliphatic carbocycles. The van der Waals surface area contributed by atoms with Gasteiger partial charge in [-0.15, -0.1) is 12.4 Å². The molecule has 1 aromatic heterocycles. The van der Waals surface area contributed by atoms with Crippen molar-refractivity contribution in [3.05, 3.63) is 62.3 Å². The lowest BCUT2D eigenvalue weighted by Crippen LogP contribution is -2.60. The number of aliphatic carboxylic acids is 1. The Bertz CT molecular complexity index is 1230. The number of nitrogens with zero attached hydrogens (tertiary/aromatic N) is 2. The van der Waals surface area contributed by atoms with Crippen LogP contribution in [0.4, 0.5) is 4.39 Å². The van der Waals surface area contributed by atoms with Crippen LogP contribution in [0.15, 0.2) is 29.2 Å². The van der Waals surface area contributed by atoms with Crippen LogP contribution in [0.5, 0.6) is 5.75 Å². The summed E-state index contributed by atoms with van der Waals surface area (Å²) in [6.07, 6.45) is 1.51. The molecule has 33 heavy (non-hydrogen) atoms. The second kappa shape index (κ2) is 8.68. The number of carboxylic acid groups (broad SMARTS) is 1. The van der Waals surface area contributed by atoms with E-state index in [1.165, 1.54) is 40.9 Å². The quantitative estimate of drug-likeness (QED) is 0.589. The van der Waals surface area contributed by atoms with Crippen LogP contribution in [0.3, 0.4) is 0 Å². The van der Waals surface area contributed by atoms with E-state index in [1.807, 2.05) is 0 Å². The zero-order chi connectivity index (χ0) is 23.4. The van der Waals surface area contributed by atoms with Crippen molar-refractivity contribution < 1.29 is 29.0 Å². The minimum atomic E-state index is -1.05. The first-order valence-corrected chi connectivity index (χ1v) is 10.1. The second-order valence-electron chi connectivity index (χ2n) is 8.16. The van der Waals surface area contributed by atoms with Gasteiger partial charge in [0.2, 0.25) is 5.43 Å². The molecule has 0 bridgehead atoms. The predicted molar refractivity (Wildman–Crippen MR) is 117 cm³/mol. The number of amides is 2. The molecule has 4 rings (SSSR count). The molecule has 1 spiro atoms. The van der Waals surface area contributed by atoms with Gasteiger partial charge in [0.05, 0.1) is 16.5 Å². The Kier molecular flexibility index (Phi) is 6.45. The molecule has 2 aromatic rings. The van der Waals surface area contributed by atoms with E-state index in [0.29, 0.717) is 0 Å². The number of likely N-dealkylation sites (N-methyl/N-ethyl adjacent to an activating group) is 1. The van der Waals surface area contributed by atoms with E-state index in [4.69, 9.17) is 11.6 Å². The summed E-state index contributed by atoms with van der Waals surface area (Å²) >= 11 is 5.73. The van der Waals surface area contributed by atoms with Gasteiger partial charge >= 0.3 is 5.97 Å². The Morgan fingerprint density at radius 1 is 1.30 bits per heavy atom. The van der Waals surface area contributed by atoms with E-state index in [1.54, 1.807) is 0 Å². The van der Waals surface area contributed by atoms with Gasteiger partial charge in [0.1, 0.15) is 11.4 Å². The maximum atomic E-state index is 14.1. The molecule has 0 saturated heterocycles. The number of benzene rings is 1. The van der Waals surface area contributed by atoms with Crippen LogP contribution in [-0.2, 0) is 16.9 Å². The second-order valence-corrected chi connectivity index (χ2v) is 8.57. The SMILES string of the molecule is CN1C[C@]2(C[C@@H](C(=O)O)C2)n2cc(C(=O)NCc3cccc(Cl)c3F)c(=O)c(O)c2C1=O.Cl. The van der Waals surface area contributed by atoms with Crippen molar-refractivity contribution in [1.29, 1.82) is 0 Å². The third-order valence-corrected chi connectivity index (χ3v) is 6.38. The van der Waals surface area contributed by atoms with E-state index >= 15 is 0 Å². The van der Waals surface area contributed by atoms with Gasteiger partial charge in [-0.2, -0.15) is 0 Å². The predicted octanol–water partition coefficient (Wildman–Crippen LogP) is 1.97. The summed E-state index contributed by atoms with van der Waals surface area (Å²) in [5.41, 5.74) is -2.53. The first-order chi connectivity index (χ1) is 15.1. The smallest absolute Gasteiger partial charge is 0.306 e. The van der Waals surface area contributed by atoms with Crippen LogP contribution in [0.2, 0.25) is 5.02 Å². The molecule has 2 heterocycles. The highest BCUT2D eigenvalue weighted by atomic mass is 35.5. The van der Waals surface area contributed by atoms with E-state index in [2.05, 4.69) is 5.32 Å². The van der Waals surface area contributed by atoms with Gasteiger partial charge in [0, 0.05) is 31.9 Å². The highest BCUT2D eigenvalue weighted by Crippen LogP contribution is 2.48. The molecule has 0 radical (unpaired) electrons. The molecule has 1 fully saturated rings. The largest absolute Gasteiger partial charge is 0.503 e. The molecule has 1 aliphatic heterocycles. The molecular weight excluding hydrogens is 480 g/mol. The van der Waals surface area contributed by atoms with Gasteiger partial charge in [0.25, 0.3) is 11.8 Å². The Balaban J connectivity index is 0.00000306. The first kappa shape index (κ1) is 24.5. The summed E-state index contributed by atoms with van der Waals surface area (Å²) < 4.78 is 15.4. The summed E-state index contributed by atoms with van der Waals surface area (Å²) in [6, 6.07) is 4.28. The topological polar surface area (TPSA) is 129 Å². The molecule has 3 N–H and O–H groups in total. The Labute approximate surface area is 198 Å². The van der Waals surface area contributed by atoms with Crippen molar-refractivity contribution in [3.63, 3.8) is 0 Å². The van der Waals surface area contributed by atoms with Crippen LogP contribution in [0, 0.1) is 11.7 Å². The number of fused-ring (bicyclic) bond motifs is 2. The summed E-state index contributed by atoms with van der Waals surface area (Å²) in [7, 11) is 1.49. The van der Waals surface area contributed by atoms with Crippen molar-refractivity contribution in [1.82, 2.24) is 14.8 Å². The number of halogens is 3. The minimum Gasteiger partial charge on any atom is -0.503 e. The maximum Gasteiger partial charge on any atom is 0.306 e. The van der Waals surface area contributed by atoms with Crippen molar-refractivity contribution >= 4 is 41.8 Å². The molecule has 1 saturated carbocycles. The number of aromatic hydroxyl groups is 1. The highest BCUT2D eigenvalue weighted by Gasteiger charge is 2.54. The number of rotatable bonds is 4. The number of aromatic nitrogens is 1. The van der Waals surface area contributed by atoms with Crippen molar-refractivity contribution in [3.8, 4) is 5.75 Å². The van der Waals surface area contributed by atoms with Crippen molar-refractivity contribution in [2.24, 2.45) is 5.92 Å². The lowest BCUT2D eigenvalue weighted by Gasteiger charge is -2.52. The van der Waals surface area contributed by atoms with Gasteiger partial charge in [-0.25, -0.2) is 4.39 Å². The Morgan fingerprint density at radius 2 is 1.97 bits per heavy atom. The number of hydrogen-bond acceptors (Lipinski definition) is 5. The third-order valence-electron chi connectivity index (χ3n) is 6.09. The molecule has 0 unspecified atom stereocenters. The van der Waals surface area contributed by atoms with E-state index in [-0.39, 0.29) is 54.6 Å². The first-order valence-electron chi connectivity index (χ1n) is 9.74. The Morgan fingerprint density at radius 3 is 2.61 bits per heavy atom. The molecular formula is C21H20Cl2FN3O6. The standard InChI is InChI=1S/C21H19ClFN3O6.ClH/c1-25-9-21(5-11(6-21)20(31)32)26-8-12(16(27)17(28)15(26)19(25)30)18(29)24-7-10-3-2-4-13(22)14(10)23;/h2-4,8,11,28H,5-7,9H2,1H3,(H,24,29)(H,31,32);1H/t11-,21-;. The maximum absolute atomic E-state index is 14.1. The molecule has 2 aliphatic rings. The zero-order valence-electron chi connectivity index (χ0n) is 17.3. The van der Waals surface area contributed by atoms with Gasteiger partial charge in [-0.05, 0) is 18.9 Å². The number of carbonyl (C=O) groups excluding carboxylic acids is 2. The number of carboxylic acids is 1. The fourth-order valence-corrected chi connectivity index (χ4v) is 4.62. The van der Waals surface area contributed by atoms with Gasteiger partial charge in [-0.3, -0.25) is 19.2 Å². The summed E-state index contributed by atoms with van der Waals surface area (Å²) in [6.45, 7) is -0.0964. The normalized spacial score (nSPS) is 21.1. The fraction of sp³-hybridized carbons (Fsp3) is 0.333. The Hall–Kier alpha value is -3.11. The zero-order valence-corrected chi connectivity index (χ0v) is 18.9. The minimum absolute atomic E-state index is 0.